The first-order valence-electron chi connectivity index (χ1n) is 9.77. The number of rotatable bonds is 6. The van der Waals surface area contributed by atoms with E-state index in [2.05, 4.69) is 38.3 Å². The lowest BCUT2D eigenvalue weighted by Gasteiger charge is -2.08. The van der Waals surface area contributed by atoms with E-state index in [4.69, 9.17) is 4.74 Å². The van der Waals surface area contributed by atoms with E-state index >= 15 is 0 Å². The highest BCUT2D eigenvalue weighted by Gasteiger charge is 2.22. The molecule has 4 aromatic rings. The highest BCUT2D eigenvalue weighted by atomic mass is 32.1. The van der Waals surface area contributed by atoms with Gasteiger partial charge in [-0.1, -0.05) is 30.3 Å². The zero-order valence-corrected chi connectivity index (χ0v) is 18.6. The predicted octanol–water partition coefficient (Wildman–Crippen LogP) is 4.25. The third-order valence-electron chi connectivity index (χ3n) is 4.39. The lowest BCUT2D eigenvalue weighted by atomic mass is 10.2. The molecule has 0 saturated heterocycles. The number of hydrogen-bond acceptors (Lipinski definition) is 7. The van der Waals surface area contributed by atoms with Gasteiger partial charge in [-0.15, -0.1) is 11.3 Å². The summed E-state index contributed by atoms with van der Waals surface area (Å²) >= 11 is 1.59. The van der Waals surface area contributed by atoms with Gasteiger partial charge in [0, 0.05) is 19.0 Å². The van der Waals surface area contributed by atoms with E-state index in [0.29, 0.717) is 17.5 Å². The van der Waals surface area contributed by atoms with Crippen molar-refractivity contribution in [2.24, 2.45) is 4.99 Å². The molecule has 9 heteroatoms. The molecule has 0 bridgehead atoms. The lowest BCUT2D eigenvalue weighted by molar-refractivity contribution is 0.0527. The number of aryl methyl sites for hydroxylation is 1. The molecule has 31 heavy (non-hydrogen) atoms. The second-order valence-corrected chi connectivity index (χ2v) is 8.04. The number of fused-ring (bicyclic) bond motifs is 1. The van der Waals surface area contributed by atoms with Gasteiger partial charge in [0.05, 0.1) is 24.5 Å². The maximum absolute atomic E-state index is 12.5. The molecule has 0 atom stereocenters. The number of thiophene rings is 1. The molecule has 0 saturated carbocycles. The van der Waals surface area contributed by atoms with Crippen molar-refractivity contribution in [2.75, 3.05) is 20.7 Å². The molecule has 3 aromatic heterocycles. The zero-order chi connectivity index (χ0) is 22.0. The van der Waals surface area contributed by atoms with Crippen molar-refractivity contribution in [1.82, 2.24) is 24.6 Å². The Balaban J connectivity index is 1.92. The summed E-state index contributed by atoms with van der Waals surface area (Å²) in [6.07, 6.45) is 3.08. The summed E-state index contributed by atoms with van der Waals surface area (Å²) in [6.45, 7) is 3.87. The number of hydrogen-bond donors (Lipinski definition) is 0. The minimum absolute atomic E-state index is 0.267. The van der Waals surface area contributed by atoms with Crippen LogP contribution in [0, 0.1) is 6.92 Å². The van der Waals surface area contributed by atoms with Crippen LogP contribution in [-0.4, -0.2) is 57.7 Å². The third kappa shape index (κ3) is 4.17. The van der Waals surface area contributed by atoms with Gasteiger partial charge in [-0.2, -0.15) is 9.78 Å². The standard InChI is InChI=1S/C22H22N6O2S/c1-5-30-22(29)17-12-24-28(19(17)23-13-27(3)4)20-16-11-18(15-9-7-6-8-10-15)31-21(16)26-14(2)25-20/h6-13H,5H2,1-4H3/b23-13+. The lowest BCUT2D eigenvalue weighted by Crippen LogP contribution is -2.10. The average molecular weight is 435 g/mol. The first kappa shape index (κ1) is 20.7. The van der Waals surface area contributed by atoms with Gasteiger partial charge in [0.2, 0.25) is 0 Å². The molecular weight excluding hydrogens is 412 g/mol. The maximum atomic E-state index is 12.5. The van der Waals surface area contributed by atoms with Gasteiger partial charge in [-0.3, -0.25) is 0 Å². The van der Waals surface area contributed by atoms with Crippen molar-refractivity contribution in [1.29, 1.82) is 0 Å². The molecule has 0 fully saturated rings. The molecule has 0 unspecified atom stereocenters. The number of carbonyl (C=O) groups excluding carboxylic acids is 1. The first-order chi connectivity index (χ1) is 15.0. The topological polar surface area (TPSA) is 85.5 Å². The number of benzene rings is 1. The van der Waals surface area contributed by atoms with Gasteiger partial charge in [0.1, 0.15) is 16.2 Å². The number of aromatic nitrogens is 4. The average Bonchev–Trinajstić information content (AvgIpc) is 3.36. The number of ether oxygens (including phenoxy) is 1. The number of nitrogens with zero attached hydrogens (tertiary/aromatic N) is 6. The quantitative estimate of drug-likeness (QED) is 0.256. The summed E-state index contributed by atoms with van der Waals surface area (Å²) in [6, 6.07) is 12.2. The van der Waals surface area contributed by atoms with Crippen LogP contribution in [0.5, 0.6) is 0 Å². The van der Waals surface area contributed by atoms with Crippen molar-refractivity contribution in [3.63, 3.8) is 0 Å². The smallest absolute Gasteiger partial charge is 0.343 e. The normalized spacial score (nSPS) is 11.4. The van der Waals surface area contributed by atoms with Gasteiger partial charge in [0.25, 0.3) is 0 Å². The summed E-state index contributed by atoms with van der Waals surface area (Å²) in [4.78, 5) is 29.9. The highest BCUT2D eigenvalue weighted by Crippen LogP contribution is 2.36. The van der Waals surface area contributed by atoms with Crippen molar-refractivity contribution < 1.29 is 9.53 Å². The molecule has 0 N–H and O–H groups in total. The summed E-state index contributed by atoms with van der Waals surface area (Å²) in [5.74, 6) is 1.07. The van der Waals surface area contributed by atoms with Crippen LogP contribution in [0.15, 0.2) is 47.6 Å². The van der Waals surface area contributed by atoms with Crippen molar-refractivity contribution >= 4 is 39.7 Å². The first-order valence-corrected chi connectivity index (χ1v) is 10.6. The Labute approximate surface area is 183 Å². The monoisotopic (exact) mass is 434 g/mol. The SMILES string of the molecule is CCOC(=O)c1cnn(-c2nc(C)nc3sc(-c4ccccc4)cc23)c1/N=C/N(C)C. The maximum Gasteiger partial charge on any atom is 0.343 e. The van der Waals surface area contributed by atoms with E-state index in [9.17, 15) is 4.79 Å². The molecule has 4 rings (SSSR count). The molecule has 158 valence electrons. The molecule has 3 heterocycles. The summed E-state index contributed by atoms with van der Waals surface area (Å²) < 4.78 is 6.76. The van der Waals surface area contributed by atoms with E-state index in [-0.39, 0.29) is 12.2 Å². The Bertz CT molecular complexity index is 1260. The van der Waals surface area contributed by atoms with Crippen LogP contribution in [-0.2, 0) is 4.74 Å². The molecule has 0 radical (unpaired) electrons. The zero-order valence-electron chi connectivity index (χ0n) is 17.7. The molecule has 0 aliphatic carbocycles. The largest absolute Gasteiger partial charge is 0.462 e. The Kier molecular flexibility index (Phi) is 5.77. The highest BCUT2D eigenvalue weighted by molar-refractivity contribution is 7.21. The van der Waals surface area contributed by atoms with E-state index in [0.717, 1.165) is 20.7 Å². The third-order valence-corrected chi connectivity index (χ3v) is 5.47. The summed E-state index contributed by atoms with van der Waals surface area (Å²) in [5.41, 5.74) is 1.38. The Morgan fingerprint density at radius 2 is 2.03 bits per heavy atom. The molecule has 0 aliphatic heterocycles. The van der Waals surface area contributed by atoms with Crippen LogP contribution < -0.4 is 0 Å². The second-order valence-electron chi connectivity index (χ2n) is 7.01. The van der Waals surface area contributed by atoms with Crippen LogP contribution in [0.25, 0.3) is 26.5 Å². The Hall–Kier alpha value is -3.59. The molecule has 1 aromatic carbocycles. The molecule has 0 amide bonds. The molecule has 8 nitrogen and oxygen atoms in total. The molecule has 0 aliphatic rings. The molecule has 0 spiro atoms. The van der Waals surface area contributed by atoms with E-state index in [1.807, 2.05) is 39.2 Å². The van der Waals surface area contributed by atoms with Gasteiger partial charge in [-0.25, -0.2) is 19.8 Å². The van der Waals surface area contributed by atoms with Crippen molar-refractivity contribution in [3.8, 4) is 16.3 Å². The predicted molar refractivity (Wildman–Crippen MR) is 123 cm³/mol. The molecular formula is C22H22N6O2S. The van der Waals surface area contributed by atoms with Crippen LogP contribution in [0.2, 0.25) is 0 Å². The second kappa shape index (κ2) is 8.65. The number of esters is 1. The number of aliphatic imine (C=N–C) groups is 1. The Morgan fingerprint density at radius 1 is 1.26 bits per heavy atom. The summed E-state index contributed by atoms with van der Waals surface area (Å²) in [5, 5.41) is 5.28. The van der Waals surface area contributed by atoms with E-state index in [1.54, 1.807) is 34.2 Å². The fourth-order valence-corrected chi connectivity index (χ4v) is 4.14. The van der Waals surface area contributed by atoms with Gasteiger partial charge < -0.3 is 9.64 Å². The number of carbonyl (C=O) groups is 1. The van der Waals surface area contributed by atoms with Gasteiger partial charge in [-0.05, 0) is 25.5 Å². The fourth-order valence-electron chi connectivity index (χ4n) is 3.06. The summed E-state index contributed by atoms with van der Waals surface area (Å²) in [7, 11) is 3.71. The van der Waals surface area contributed by atoms with Crippen molar-refractivity contribution in [3.05, 3.63) is 54.0 Å². The minimum atomic E-state index is -0.475. The fraction of sp³-hybridized carbons (Fsp3) is 0.227. The van der Waals surface area contributed by atoms with Crippen LogP contribution >= 0.6 is 11.3 Å². The minimum Gasteiger partial charge on any atom is -0.462 e. The van der Waals surface area contributed by atoms with E-state index in [1.165, 1.54) is 6.20 Å². The van der Waals surface area contributed by atoms with Crippen LogP contribution in [0.1, 0.15) is 23.1 Å². The van der Waals surface area contributed by atoms with Crippen LogP contribution in [0.4, 0.5) is 5.82 Å². The van der Waals surface area contributed by atoms with E-state index < -0.39 is 5.97 Å². The van der Waals surface area contributed by atoms with Gasteiger partial charge in [0.15, 0.2) is 11.6 Å². The Morgan fingerprint density at radius 3 is 2.74 bits per heavy atom. The van der Waals surface area contributed by atoms with Crippen LogP contribution in [0.3, 0.4) is 0 Å². The van der Waals surface area contributed by atoms with Crippen molar-refractivity contribution in [2.45, 2.75) is 13.8 Å². The van der Waals surface area contributed by atoms with Gasteiger partial charge >= 0.3 is 5.97 Å².